The third-order valence-corrected chi connectivity index (χ3v) is 7.63. The number of carbonyl (C=O) groups is 4. The number of rotatable bonds is 9. The van der Waals surface area contributed by atoms with Crippen molar-refractivity contribution in [1.29, 1.82) is 0 Å². The Bertz CT molecular complexity index is 1540. The summed E-state index contributed by atoms with van der Waals surface area (Å²) in [5.74, 6) is -1.93. The zero-order chi connectivity index (χ0) is 31.0. The smallest absolute Gasteiger partial charge is 0.349 e. The first kappa shape index (κ1) is 31.5. The van der Waals surface area contributed by atoms with Gasteiger partial charge in [-0.05, 0) is 43.2 Å². The van der Waals surface area contributed by atoms with Crippen LogP contribution < -0.4 is 27.0 Å². The standard InChI is InChI=1S/C29H30Cl2N6O6/c1-43-25(39)21(17-37-16-13-22(35-28(37)42)34-24(38)23-19(30)11-8-12-20(23)31)33-27(41)36-29(14-6-3-7-15-29)26(40)32-18-9-4-2-5-10-18/h2,4-5,8-13,16,21H,3,6-7,14-15,17H2,1H3,(H,32,40)(H2,33,36,41)(H,34,35,38,42)/t21-/m0/s1. The Morgan fingerprint density at radius 3 is 2.26 bits per heavy atom. The molecule has 43 heavy (non-hydrogen) atoms. The third-order valence-electron chi connectivity index (χ3n) is 7.00. The molecule has 1 atom stereocenters. The van der Waals surface area contributed by atoms with E-state index in [0.717, 1.165) is 30.9 Å². The number of benzene rings is 2. The van der Waals surface area contributed by atoms with Gasteiger partial charge in [0.1, 0.15) is 17.4 Å². The van der Waals surface area contributed by atoms with Crippen LogP contribution in [0.3, 0.4) is 0 Å². The molecule has 0 saturated heterocycles. The quantitative estimate of drug-likeness (QED) is 0.261. The number of para-hydroxylation sites is 1. The Labute approximate surface area is 257 Å². The van der Waals surface area contributed by atoms with E-state index in [1.54, 1.807) is 30.3 Å². The van der Waals surface area contributed by atoms with Crippen LogP contribution in [0.25, 0.3) is 0 Å². The molecule has 1 aliphatic carbocycles. The number of anilines is 2. The van der Waals surface area contributed by atoms with Gasteiger partial charge >= 0.3 is 17.7 Å². The fourth-order valence-electron chi connectivity index (χ4n) is 4.80. The summed E-state index contributed by atoms with van der Waals surface area (Å²) in [6.07, 6.45) is 4.51. The molecule has 1 aromatic heterocycles. The molecule has 0 bridgehead atoms. The third kappa shape index (κ3) is 7.90. The molecule has 2 aromatic carbocycles. The largest absolute Gasteiger partial charge is 0.467 e. The average Bonchev–Trinajstić information content (AvgIpc) is 2.98. The maximum absolute atomic E-state index is 13.3. The van der Waals surface area contributed by atoms with Crippen molar-refractivity contribution in [3.05, 3.63) is 86.9 Å². The highest BCUT2D eigenvalue weighted by atomic mass is 35.5. The second-order valence-corrected chi connectivity index (χ2v) is 10.8. The summed E-state index contributed by atoms with van der Waals surface area (Å²) >= 11 is 12.2. The van der Waals surface area contributed by atoms with Crippen molar-refractivity contribution in [3.8, 4) is 0 Å². The summed E-state index contributed by atoms with van der Waals surface area (Å²) in [5.41, 5.74) is -1.40. The number of esters is 1. The van der Waals surface area contributed by atoms with Crippen LogP contribution in [-0.4, -0.2) is 52.1 Å². The molecule has 226 valence electrons. The van der Waals surface area contributed by atoms with Crippen LogP contribution in [0.15, 0.2) is 65.6 Å². The molecule has 4 rings (SSSR count). The highest BCUT2D eigenvalue weighted by Gasteiger charge is 2.41. The minimum atomic E-state index is -1.30. The van der Waals surface area contributed by atoms with Gasteiger partial charge in [-0.15, -0.1) is 0 Å². The van der Waals surface area contributed by atoms with Gasteiger partial charge in [-0.25, -0.2) is 14.4 Å². The lowest BCUT2D eigenvalue weighted by molar-refractivity contribution is -0.143. The molecule has 4 amide bonds. The van der Waals surface area contributed by atoms with Gasteiger partial charge in [0, 0.05) is 11.9 Å². The van der Waals surface area contributed by atoms with Crippen LogP contribution in [-0.2, 0) is 20.9 Å². The van der Waals surface area contributed by atoms with E-state index in [0.29, 0.717) is 18.5 Å². The predicted octanol–water partition coefficient (Wildman–Crippen LogP) is 3.98. The Morgan fingerprint density at radius 1 is 0.953 bits per heavy atom. The minimum absolute atomic E-state index is 0.0194. The fourth-order valence-corrected chi connectivity index (χ4v) is 5.37. The number of hydrogen-bond acceptors (Lipinski definition) is 7. The summed E-state index contributed by atoms with van der Waals surface area (Å²) < 4.78 is 5.90. The number of halogens is 2. The van der Waals surface area contributed by atoms with Crippen molar-refractivity contribution in [2.24, 2.45) is 0 Å². The molecule has 3 aromatic rings. The number of amides is 4. The van der Waals surface area contributed by atoms with E-state index in [1.165, 1.54) is 24.4 Å². The van der Waals surface area contributed by atoms with Crippen molar-refractivity contribution < 1.29 is 23.9 Å². The molecule has 12 nitrogen and oxygen atoms in total. The molecule has 0 spiro atoms. The van der Waals surface area contributed by atoms with Crippen molar-refractivity contribution in [2.45, 2.75) is 50.2 Å². The van der Waals surface area contributed by atoms with Gasteiger partial charge in [0.2, 0.25) is 5.91 Å². The van der Waals surface area contributed by atoms with E-state index in [4.69, 9.17) is 27.9 Å². The average molecular weight is 630 g/mol. The second-order valence-electron chi connectivity index (χ2n) is 9.94. The van der Waals surface area contributed by atoms with Gasteiger partial charge in [0.05, 0.1) is 29.3 Å². The molecule has 4 N–H and O–H groups in total. The van der Waals surface area contributed by atoms with Crippen LogP contribution in [0.5, 0.6) is 0 Å². The van der Waals surface area contributed by atoms with Crippen molar-refractivity contribution in [3.63, 3.8) is 0 Å². The first-order valence-electron chi connectivity index (χ1n) is 13.5. The summed E-state index contributed by atoms with van der Waals surface area (Å²) in [4.78, 5) is 68.3. The lowest BCUT2D eigenvalue weighted by Gasteiger charge is -2.37. The number of nitrogens with one attached hydrogen (secondary N) is 4. The van der Waals surface area contributed by atoms with Gasteiger partial charge in [-0.2, -0.15) is 4.98 Å². The van der Waals surface area contributed by atoms with E-state index in [1.807, 2.05) is 6.07 Å². The topological polar surface area (TPSA) is 161 Å². The van der Waals surface area contributed by atoms with Crippen LogP contribution in [0.4, 0.5) is 16.3 Å². The number of nitrogens with zero attached hydrogens (tertiary/aromatic N) is 2. The fraction of sp³-hybridized carbons (Fsp3) is 0.310. The summed E-state index contributed by atoms with van der Waals surface area (Å²) in [5, 5.41) is 10.9. The predicted molar refractivity (Wildman–Crippen MR) is 161 cm³/mol. The van der Waals surface area contributed by atoms with Crippen LogP contribution in [0.2, 0.25) is 10.0 Å². The normalized spacial score (nSPS) is 14.6. The number of hydrogen-bond donors (Lipinski definition) is 4. The lowest BCUT2D eigenvalue weighted by Crippen LogP contribution is -2.61. The molecule has 1 saturated carbocycles. The van der Waals surface area contributed by atoms with Crippen LogP contribution in [0, 0.1) is 0 Å². The van der Waals surface area contributed by atoms with Crippen molar-refractivity contribution in [1.82, 2.24) is 20.2 Å². The Balaban J connectivity index is 1.46. The van der Waals surface area contributed by atoms with Gasteiger partial charge in [0.25, 0.3) is 5.91 Å². The molecular weight excluding hydrogens is 599 g/mol. The first-order chi connectivity index (χ1) is 20.6. The molecule has 0 unspecified atom stereocenters. The summed E-state index contributed by atoms with van der Waals surface area (Å²) in [6, 6.07) is 12.7. The Morgan fingerprint density at radius 2 is 1.63 bits per heavy atom. The van der Waals surface area contributed by atoms with E-state index in [9.17, 15) is 24.0 Å². The number of urea groups is 1. The SMILES string of the molecule is COC(=O)[C@H](Cn1ccc(NC(=O)c2c(Cl)cccc2Cl)nc1=O)NC(=O)NC1(C(=O)Nc2ccccc2)CCCCC1. The molecule has 1 aliphatic rings. The van der Waals surface area contributed by atoms with E-state index in [-0.39, 0.29) is 33.9 Å². The molecule has 14 heteroatoms. The van der Waals surface area contributed by atoms with Gasteiger partial charge in [-0.1, -0.05) is 66.7 Å². The monoisotopic (exact) mass is 628 g/mol. The molecule has 0 aliphatic heterocycles. The second kappa shape index (κ2) is 14.2. The number of methoxy groups -OCH3 is 1. The van der Waals surface area contributed by atoms with Gasteiger partial charge < -0.3 is 26.0 Å². The van der Waals surface area contributed by atoms with Gasteiger partial charge in [0.15, 0.2) is 0 Å². The number of carbonyl (C=O) groups excluding carboxylic acids is 4. The lowest BCUT2D eigenvalue weighted by atomic mass is 9.81. The van der Waals surface area contributed by atoms with Crippen LogP contribution in [0.1, 0.15) is 42.5 Å². The van der Waals surface area contributed by atoms with Gasteiger partial charge in [-0.3, -0.25) is 14.2 Å². The zero-order valence-electron chi connectivity index (χ0n) is 23.2. The van der Waals surface area contributed by atoms with E-state index >= 15 is 0 Å². The van der Waals surface area contributed by atoms with Crippen LogP contribution >= 0.6 is 23.2 Å². The summed E-state index contributed by atoms with van der Waals surface area (Å²) in [7, 11) is 1.14. The van der Waals surface area contributed by atoms with Crippen molar-refractivity contribution >= 4 is 58.5 Å². The number of ether oxygens (including phenoxy) is 1. The minimum Gasteiger partial charge on any atom is -0.467 e. The molecule has 0 radical (unpaired) electrons. The highest BCUT2D eigenvalue weighted by Crippen LogP contribution is 2.30. The highest BCUT2D eigenvalue weighted by molar-refractivity contribution is 6.40. The Kier molecular flexibility index (Phi) is 10.4. The first-order valence-corrected chi connectivity index (χ1v) is 14.2. The maximum Gasteiger partial charge on any atom is 0.349 e. The van der Waals surface area contributed by atoms with E-state index < -0.39 is 35.2 Å². The van der Waals surface area contributed by atoms with E-state index in [2.05, 4.69) is 26.3 Å². The Hall–Kier alpha value is -4.42. The molecule has 1 heterocycles. The summed E-state index contributed by atoms with van der Waals surface area (Å²) in [6.45, 7) is -0.334. The van der Waals surface area contributed by atoms with Crippen molar-refractivity contribution in [2.75, 3.05) is 17.7 Å². The number of aromatic nitrogens is 2. The zero-order valence-corrected chi connectivity index (χ0v) is 24.7. The maximum atomic E-state index is 13.3. The molecule has 1 fully saturated rings. The molecular formula is C29H30Cl2N6O6.